The van der Waals surface area contributed by atoms with E-state index in [-0.39, 0.29) is 11.5 Å². The molecule has 2 heterocycles. The summed E-state index contributed by atoms with van der Waals surface area (Å²) in [6.07, 6.45) is 1.81. The van der Waals surface area contributed by atoms with E-state index < -0.39 is 6.04 Å². The summed E-state index contributed by atoms with van der Waals surface area (Å²) in [4.78, 5) is 33.3. The minimum atomic E-state index is -0.697. The first-order valence-corrected chi connectivity index (χ1v) is 15.7. The van der Waals surface area contributed by atoms with Crippen LogP contribution in [0.25, 0.3) is 6.08 Å². The highest BCUT2D eigenvalue weighted by atomic mass is 35.5. The molecule has 0 radical (unpaired) electrons. The topological polar surface area (TPSA) is 81.9 Å². The molecular formula is C36H30ClN3O4S. The second-order valence-corrected chi connectivity index (χ2v) is 11.8. The third kappa shape index (κ3) is 6.62. The molecule has 0 saturated heterocycles. The fourth-order valence-corrected chi connectivity index (χ4v) is 6.47. The Labute approximate surface area is 269 Å². The highest BCUT2D eigenvalue weighted by Gasteiger charge is 2.32. The van der Waals surface area contributed by atoms with Crippen LogP contribution in [0.1, 0.15) is 36.6 Å². The van der Waals surface area contributed by atoms with E-state index in [4.69, 9.17) is 26.1 Å². The summed E-state index contributed by atoms with van der Waals surface area (Å²) in [6, 6.07) is 31.1. The van der Waals surface area contributed by atoms with Gasteiger partial charge in [0.2, 0.25) is 0 Å². The van der Waals surface area contributed by atoms with Gasteiger partial charge in [0.25, 0.3) is 11.5 Å². The van der Waals surface area contributed by atoms with Crippen LogP contribution < -0.4 is 29.7 Å². The van der Waals surface area contributed by atoms with Crippen LogP contribution in [0, 0.1) is 0 Å². The lowest BCUT2D eigenvalue weighted by atomic mass is 9.95. The fraction of sp³-hybridized carbons (Fsp3) is 0.139. The summed E-state index contributed by atoms with van der Waals surface area (Å²) < 4.78 is 13.9. The van der Waals surface area contributed by atoms with E-state index in [1.807, 2.05) is 116 Å². The largest absolute Gasteiger partial charge is 0.494 e. The van der Waals surface area contributed by atoms with Crippen LogP contribution >= 0.6 is 22.9 Å². The molecule has 1 aromatic heterocycles. The van der Waals surface area contributed by atoms with E-state index in [1.165, 1.54) is 11.3 Å². The number of halogens is 1. The van der Waals surface area contributed by atoms with Crippen LogP contribution in [0.2, 0.25) is 5.02 Å². The van der Waals surface area contributed by atoms with Crippen molar-refractivity contribution in [2.24, 2.45) is 4.99 Å². The molecule has 0 unspecified atom stereocenters. The van der Waals surface area contributed by atoms with Crippen LogP contribution in [0.15, 0.2) is 124 Å². The van der Waals surface area contributed by atoms with Crippen molar-refractivity contribution < 1.29 is 14.3 Å². The summed E-state index contributed by atoms with van der Waals surface area (Å²) in [5, 5.41) is 3.62. The molecule has 0 saturated carbocycles. The van der Waals surface area contributed by atoms with Gasteiger partial charge in [-0.3, -0.25) is 14.2 Å². The van der Waals surface area contributed by atoms with Gasteiger partial charge in [0.15, 0.2) is 4.80 Å². The molecular weight excluding hydrogens is 606 g/mol. The van der Waals surface area contributed by atoms with Gasteiger partial charge >= 0.3 is 0 Å². The van der Waals surface area contributed by atoms with Crippen molar-refractivity contribution in [2.75, 3.05) is 11.9 Å². The zero-order valence-electron chi connectivity index (χ0n) is 24.7. The molecule has 0 fully saturated rings. The SMILES string of the molecule is CCOc1ccc([C@@H]2C(C(=O)Nc3ccccc3)=C(C)N=c3s/c(=C\c4ccccc4OCc4cccc(Cl)c4)c(=O)n32)cc1. The molecule has 45 heavy (non-hydrogen) atoms. The molecule has 1 N–H and O–H groups in total. The molecule has 0 spiro atoms. The zero-order valence-corrected chi connectivity index (χ0v) is 26.3. The third-order valence-corrected chi connectivity index (χ3v) is 8.51. The van der Waals surface area contributed by atoms with Crippen molar-refractivity contribution in [3.8, 4) is 11.5 Å². The maximum absolute atomic E-state index is 14.2. The quantitative estimate of drug-likeness (QED) is 0.200. The number of nitrogens with one attached hydrogen (secondary N) is 1. The number of anilines is 1. The number of fused-ring (bicyclic) bond motifs is 1. The first kappa shape index (κ1) is 30.1. The van der Waals surface area contributed by atoms with Crippen LogP contribution in [-0.4, -0.2) is 17.1 Å². The number of aromatic nitrogens is 1. The van der Waals surface area contributed by atoms with Crippen LogP contribution in [0.3, 0.4) is 0 Å². The van der Waals surface area contributed by atoms with Gasteiger partial charge in [-0.1, -0.05) is 83.6 Å². The Hall–Kier alpha value is -4.92. The smallest absolute Gasteiger partial charge is 0.271 e. The Balaban J connectivity index is 1.42. The molecule has 5 aromatic rings. The van der Waals surface area contributed by atoms with Gasteiger partial charge in [-0.15, -0.1) is 0 Å². The number of rotatable bonds is 9. The van der Waals surface area contributed by atoms with Gasteiger partial charge in [-0.05, 0) is 73.5 Å². The van der Waals surface area contributed by atoms with Crippen LogP contribution in [-0.2, 0) is 11.4 Å². The van der Waals surface area contributed by atoms with E-state index in [1.54, 1.807) is 11.5 Å². The Morgan fingerprint density at radius 1 is 0.978 bits per heavy atom. The van der Waals surface area contributed by atoms with Crippen LogP contribution in [0.5, 0.6) is 11.5 Å². The van der Waals surface area contributed by atoms with E-state index >= 15 is 0 Å². The number of carbonyl (C=O) groups is 1. The maximum atomic E-state index is 14.2. The summed E-state index contributed by atoms with van der Waals surface area (Å²) in [6.45, 7) is 4.58. The number of para-hydroxylation sites is 2. The summed E-state index contributed by atoms with van der Waals surface area (Å²) in [5.41, 5.74) is 3.79. The molecule has 226 valence electrons. The van der Waals surface area contributed by atoms with Crippen molar-refractivity contribution in [1.82, 2.24) is 4.57 Å². The average Bonchev–Trinajstić information content (AvgIpc) is 3.34. The highest BCUT2D eigenvalue weighted by molar-refractivity contribution is 7.07. The molecule has 1 aliphatic rings. The van der Waals surface area contributed by atoms with Crippen molar-refractivity contribution in [3.63, 3.8) is 0 Å². The number of hydrogen-bond acceptors (Lipinski definition) is 6. The fourth-order valence-electron chi connectivity index (χ4n) is 5.22. The van der Waals surface area contributed by atoms with Gasteiger partial charge in [0.05, 0.1) is 28.5 Å². The van der Waals surface area contributed by atoms with E-state index in [2.05, 4.69) is 5.32 Å². The number of amides is 1. The van der Waals surface area contributed by atoms with Crippen LogP contribution in [0.4, 0.5) is 5.69 Å². The van der Waals surface area contributed by atoms with Gasteiger partial charge < -0.3 is 14.8 Å². The number of nitrogens with zero attached hydrogens (tertiary/aromatic N) is 2. The number of hydrogen-bond donors (Lipinski definition) is 1. The van der Waals surface area contributed by atoms with Crippen molar-refractivity contribution >= 4 is 40.6 Å². The molecule has 4 aromatic carbocycles. The van der Waals surface area contributed by atoms with Gasteiger partial charge in [0.1, 0.15) is 18.1 Å². The normalized spacial score (nSPS) is 14.5. The number of carbonyl (C=O) groups excluding carboxylic acids is 1. The lowest BCUT2D eigenvalue weighted by molar-refractivity contribution is -0.113. The highest BCUT2D eigenvalue weighted by Crippen LogP contribution is 2.32. The molecule has 1 amide bonds. The predicted molar refractivity (Wildman–Crippen MR) is 179 cm³/mol. The first-order chi connectivity index (χ1) is 21.9. The van der Waals surface area contributed by atoms with Crippen molar-refractivity contribution in [2.45, 2.75) is 26.5 Å². The lowest BCUT2D eigenvalue weighted by Gasteiger charge is -2.25. The average molecular weight is 636 g/mol. The second-order valence-electron chi connectivity index (χ2n) is 10.4. The summed E-state index contributed by atoms with van der Waals surface area (Å²) >= 11 is 7.43. The minimum absolute atomic E-state index is 0.250. The molecule has 0 bridgehead atoms. The Morgan fingerprint density at radius 2 is 1.73 bits per heavy atom. The third-order valence-electron chi connectivity index (χ3n) is 7.29. The lowest BCUT2D eigenvalue weighted by Crippen LogP contribution is -2.40. The summed E-state index contributed by atoms with van der Waals surface area (Å²) in [5.74, 6) is 1.01. The molecule has 1 atom stereocenters. The number of thiazole rings is 1. The zero-order chi connectivity index (χ0) is 31.3. The Bertz CT molecular complexity index is 2070. The Morgan fingerprint density at radius 3 is 2.49 bits per heavy atom. The number of allylic oxidation sites excluding steroid dienone is 1. The predicted octanol–water partition coefficient (Wildman–Crippen LogP) is 6.51. The number of benzene rings is 4. The van der Waals surface area contributed by atoms with Gasteiger partial charge in [-0.25, -0.2) is 4.99 Å². The number of ether oxygens (including phenoxy) is 2. The van der Waals surface area contributed by atoms with Gasteiger partial charge in [-0.2, -0.15) is 0 Å². The van der Waals surface area contributed by atoms with Crippen molar-refractivity contribution in [3.05, 3.63) is 156 Å². The van der Waals surface area contributed by atoms with E-state index in [0.717, 1.165) is 16.7 Å². The molecule has 7 nitrogen and oxygen atoms in total. The molecule has 0 aliphatic carbocycles. The monoisotopic (exact) mass is 635 g/mol. The standard InChI is InChI=1S/C36H30ClN3O4S/c1-3-43-29-18-16-25(17-19-29)33-32(34(41)39-28-13-5-4-6-14-28)23(2)38-36-40(33)35(42)31(45-36)21-26-11-7-8-15-30(26)44-22-24-10-9-12-27(37)20-24/h4-21,33H,3,22H2,1-2H3,(H,39,41)/b31-21-/t33-/m1/s1. The first-order valence-electron chi connectivity index (χ1n) is 14.5. The molecule has 1 aliphatic heterocycles. The molecule has 6 rings (SSSR count). The maximum Gasteiger partial charge on any atom is 0.271 e. The Kier molecular flexibility index (Phi) is 8.96. The van der Waals surface area contributed by atoms with Gasteiger partial charge in [0, 0.05) is 16.3 Å². The molecule has 9 heteroatoms. The van der Waals surface area contributed by atoms with E-state index in [0.29, 0.717) is 56.0 Å². The minimum Gasteiger partial charge on any atom is -0.494 e. The summed E-state index contributed by atoms with van der Waals surface area (Å²) in [7, 11) is 0. The second kappa shape index (κ2) is 13.4. The van der Waals surface area contributed by atoms with Crippen molar-refractivity contribution in [1.29, 1.82) is 0 Å². The van der Waals surface area contributed by atoms with E-state index in [9.17, 15) is 9.59 Å².